The van der Waals surface area contributed by atoms with Crippen molar-refractivity contribution in [2.24, 2.45) is 0 Å². The smallest absolute Gasteiger partial charge is 0.255 e. The van der Waals surface area contributed by atoms with E-state index in [1.165, 1.54) is 12.1 Å². The quantitative estimate of drug-likeness (QED) is 0.614. The lowest BCUT2D eigenvalue weighted by atomic mass is 10.1. The maximum Gasteiger partial charge on any atom is 0.255 e. The Balaban J connectivity index is 3.33. The van der Waals surface area contributed by atoms with Gasteiger partial charge in [0.25, 0.3) is 5.24 Å². The Kier molecular flexibility index (Phi) is 4.35. The molecular formula is C9H6BrCl2FO. The summed E-state index contributed by atoms with van der Waals surface area (Å²) in [7, 11) is 0. The van der Waals surface area contributed by atoms with E-state index in [1.807, 2.05) is 0 Å². The molecule has 0 N–H and O–H groups in total. The van der Waals surface area contributed by atoms with E-state index in [4.69, 9.17) is 23.2 Å². The molecule has 0 aliphatic carbocycles. The first-order valence-corrected chi connectivity index (χ1v) is 5.51. The topological polar surface area (TPSA) is 17.1 Å². The molecule has 0 saturated heterocycles. The van der Waals surface area contributed by atoms with Gasteiger partial charge in [-0.3, -0.25) is 4.79 Å². The summed E-state index contributed by atoms with van der Waals surface area (Å²) >= 11 is 14.0. The summed E-state index contributed by atoms with van der Waals surface area (Å²) in [5.74, 6) is -0.313. The molecule has 1 rings (SSSR count). The Morgan fingerprint density at radius 1 is 1.50 bits per heavy atom. The van der Waals surface area contributed by atoms with Crippen molar-refractivity contribution in [1.82, 2.24) is 0 Å². The van der Waals surface area contributed by atoms with Crippen LogP contribution in [0.1, 0.15) is 15.9 Å². The molecule has 0 aromatic heterocycles. The van der Waals surface area contributed by atoms with Crippen LogP contribution in [-0.4, -0.2) is 11.1 Å². The number of rotatable bonds is 3. The average molecular weight is 300 g/mol. The highest BCUT2D eigenvalue weighted by Crippen LogP contribution is 2.25. The van der Waals surface area contributed by atoms with E-state index < -0.39 is 11.1 Å². The molecule has 0 unspecified atom stereocenters. The number of carbonyl (C=O) groups excluding carboxylic acids is 1. The van der Waals surface area contributed by atoms with Crippen molar-refractivity contribution in [1.29, 1.82) is 0 Å². The van der Waals surface area contributed by atoms with Crippen LogP contribution in [0, 0.1) is 5.82 Å². The van der Waals surface area contributed by atoms with Crippen molar-refractivity contribution in [3.8, 4) is 0 Å². The van der Waals surface area contributed by atoms with E-state index in [1.54, 1.807) is 0 Å². The molecule has 1 aromatic carbocycles. The minimum atomic E-state index is -0.802. The van der Waals surface area contributed by atoms with Crippen molar-refractivity contribution in [3.05, 3.63) is 33.5 Å². The number of benzene rings is 1. The fourth-order valence-electron chi connectivity index (χ4n) is 1.15. The second-order valence-electron chi connectivity index (χ2n) is 2.60. The van der Waals surface area contributed by atoms with E-state index >= 15 is 0 Å². The zero-order valence-corrected chi connectivity index (χ0v) is 10.1. The van der Waals surface area contributed by atoms with Gasteiger partial charge in [0.1, 0.15) is 5.82 Å². The molecule has 76 valence electrons. The molecule has 5 heteroatoms. The Labute approximate surface area is 99.3 Å². The zero-order chi connectivity index (χ0) is 10.7. The van der Waals surface area contributed by atoms with E-state index in [2.05, 4.69) is 15.9 Å². The molecule has 1 nitrogen and oxygen atoms in total. The third kappa shape index (κ3) is 2.47. The number of carbonyl (C=O) groups is 1. The Morgan fingerprint density at radius 2 is 2.14 bits per heavy atom. The minimum Gasteiger partial charge on any atom is -0.275 e. The van der Waals surface area contributed by atoms with Crippen molar-refractivity contribution in [2.45, 2.75) is 6.42 Å². The molecule has 0 amide bonds. The summed E-state index contributed by atoms with van der Waals surface area (Å²) in [4.78, 5) is 11.0. The van der Waals surface area contributed by atoms with Gasteiger partial charge in [0, 0.05) is 10.4 Å². The van der Waals surface area contributed by atoms with E-state index in [-0.39, 0.29) is 5.56 Å². The van der Waals surface area contributed by atoms with E-state index in [9.17, 15) is 9.18 Å². The van der Waals surface area contributed by atoms with Gasteiger partial charge in [-0.05, 0) is 35.7 Å². The highest BCUT2D eigenvalue weighted by Gasteiger charge is 2.16. The molecule has 0 aliphatic rings. The largest absolute Gasteiger partial charge is 0.275 e. The molecule has 0 fully saturated rings. The molecule has 0 aliphatic heterocycles. The number of halogens is 4. The van der Waals surface area contributed by atoms with Crippen molar-refractivity contribution < 1.29 is 9.18 Å². The molecule has 0 atom stereocenters. The van der Waals surface area contributed by atoms with Gasteiger partial charge in [-0.1, -0.05) is 15.9 Å². The van der Waals surface area contributed by atoms with Gasteiger partial charge < -0.3 is 0 Å². The molecule has 0 spiro atoms. The van der Waals surface area contributed by atoms with Gasteiger partial charge in [0.2, 0.25) is 0 Å². The summed E-state index contributed by atoms with van der Waals surface area (Å²) in [5, 5.41) is -0.802. The van der Waals surface area contributed by atoms with Gasteiger partial charge in [-0.2, -0.15) is 0 Å². The van der Waals surface area contributed by atoms with Crippen LogP contribution in [0.15, 0.2) is 16.6 Å². The molecule has 0 radical (unpaired) electrons. The first-order valence-electron chi connectivity index (χ1n) is 3.80. The predicted octanol–water partition coefficient (Wildman–Crippen LogP) is 3.75. The van der Waals surface area contributed by atoms with Crippen molar-refractivity contribution >= 4 is 44.4 Å². The minimum absolute atomic E-state index is 0.0957. The Hall–Kier alpha value is -0.120. The Morgan fingerprint density at radius 3 is 2.64 bits per heavy atom. The SMILES string of the molecule is O=C(Cl)c1c(F)ccc(Br)c1CCCl. The van der Waals surface area contributed by atoms with Crippen LogP contribution in [0.2, 0.25) is 0 Å². The Bertz CT molecular complexity index is 368. The maximum absolute atomic E-state index is 13.2. The predicted molar refractivity (Wildman–Crippen MR) is 58.7 cm³/mol. The number of alkyl halides is 1. The second kappa shape index (κ2) is 5.10. The lowest BCUT2D eigenvalue weighted by molar-refractivity contribution is 0.107. The molecule has 14 heavy (non-hydrogen) atoms. The van der Waals surface area contributed by atoms with Gasteiger partial charge in [-0.25, -0.2) is 4.39 Å². The summed E-state index contributed by atoms with van der Waals surface area (Å²) in [6.45, 7) is 0. The number of hydrogen-bond acceptors (Lipinski definition) is 1. The van der Waals surface area contributed by atoms with E-state index in [0.29, 0.717) is 22.3 Å². The normalized spacial score (nSPS) is 10.3. The molecule has 0 bridgehead atoms. The molecule has 0 heterocycles. The second-order valence-corrected chi connectivity index (χ2v) is 4.17. The van der Waals surface area contributed by atoms with Crippen molar-refractivity contribution in [2.75, 3.05) is 5.88 Å². The van der Waals surface area contributed by atoms with Gasteiger partial charge >= 0.3 is 0 Å². The van der Waals surface area contributed by atoms with Crippen LogP contribution < -0.4 is 0 Å². The van der Waals surface area contributed by atoms with Crippen LogP contribution in [0.3, 0.4) is 0 Å². The van der Waals surface area contributed by atoms with Crippen LogP contribution >= 0.6 is 39.1 Å². The summed E-state index contributed by atoms with van der Waals surface area (Å²) in [6, 6.07) is 2.72. The monoisotopic (exact) mass is 298 g/mol. The van der Waals surface area contributed by atoms with Crippen LogP contribution in [0.4, 0.5) is 4.39 Å². The van der Waals surface area contributed by atoms with Crippen LogP contribution in [0.25, 0.3) is 0 Å². The fraction of sp³-hybridized carbons (Fsp3) is 0.222. The van der Waals surface area contributed by atoms with Gasteiger partial charge in [0.15, 0.2) is 0 Å². The molecule has 1 aromatic rings. The zero-order valence-electron chi connectivity index (χ0n) is 6.99. The average Bonchev–Trinajstić information content (AvgIpc) is 2.11. The first kappa shape index (κ1) is 12.0. The first-order chi connectivity index (χ1) is 6.57. The highest BCUT2D eigenvalue weighted by atomic mass is 79.9. The highest BCUT2D eigenvalue weighted by molar-refractivity contribution is 9.10. The summed E-state index contributed by atoms with van der Waals surface area (Å²) < 4.78 is 13.9. The molecule has 0 saturated carbocycles. The van der Waals surface area contributed by atoms with Gasteiger partial charge in [-0.15, -0.1) is 11.6 Å². The van der Waals surface area contributed by atoms with Crippen LogP contribution in [0.5, 0.6) is 0 Å². The van der Waals surface area contributed by atoms with Crippen LogP contribution in [-0.2, 0) is 6.42 Å². The fourth-order valence-corrected chi connectivity index (χ4v) is 2.07. The summed E-state index contributed by atoms with van der Waals surface area (Å²) in [5.41, 5.74) is 0.418. The lowest BCUT2D eigenvalue weighted by Gasteiger charge is -2.07. The summed E-state index contributed by atoms with van der Waals surface area (Å²) in [6.07, 6.45) is 0.397. The maximum atomic E-state index is 13.2. The third-order valence-corrected chi connectivity index (χ3v) is 2.87. The standard InChI is InChI=1S/C9H6BrCl2FO/c10-6-1-2-7(13)8(9(12)14)5(6)3-4-11/h1-2H,3-4H2. The number of hydrogen-bond donors (Lipinski definition) is 0. The van der Waals surface area contributed by atoms with Gasteiger partial charge in [0.05, 0.1) is 5.56 Å². The molecular weight excluding hydrogens is 294 g/mol. The van der Waals surface area contributed by atoms with E-state index in [0.717, 1.165) is 0 Å². The third-order valence-electron chi connectivity index (χ3n) is 1.75. The van der Waals surface area contributed by atoms with Crippen molar-refractivity contribution in [3.63, 3.8) is 0 Å². The lowest BCUT2D eigenvalue weighted by Crippen LogP contribution is -2.03.